The van der Waals surface area contributed by atoms with E-state index in [2.05, 4.69) is 10.6 Å². The van der Waals surface area contributed by atoms with Crippen LogP contribution in [0.3, 0.4) is 0 Å². The van der Waals surface area contributed by atoms with Gasteiger partial charge >= 0.3 is 12.0 Å². The molecule has 1 aromatic rings. The van der Waals surface area contributed by atoms with Crippen LogP contribution in [0.15, 0.2) is 24.3 Å². The molecule has 0 saturated heterocycles. The first kappa shape index (κ1) is 15.5. The van der Waals surface area contributed by atoms with Gasteiger partial charge in [0.25, 0.3) is 5.91 Å². The lowest BCUT2D eigenvalue weighted by Crippen LogP contribution is -2.39. The minimum absolute atomic E-state index is 0.0534. The molecule has 0 saturated carbocycles. The summed E-state index contributed by atoms with van der Waals surface area (Å²) < 4.78 is 0. The minimum atomic E-state index is -1.16. The average Bonchev–Trinajstić information content (AvgIpc) is 2.42. The fourth-order valence-corrected chi connectivity index (χ4v) is 1.47. The van der Waals surface area contributed by atoms with Crippen molar-refractivity contribution < 1.29 is 19.5 Å². The van der Waals surface area contributed by atoms with E-state index in [0.717, 1.165) is 0 Å². The molecular formula is C13H17N3O4. The highest BCUT2D eigenvalue weighted by molar-refractivity contribution is 6.04. The molecule has 0 bridgehead atoms. The molecule has 0 aliphatic rings. The highest BCUT2D eigenvalue weighted by Gasteiger charge is 2.15. The highest BCUT2D eigenvalue weighted by Crippen LogP contribution is 2.08. The Morgan fingerprint density at radius 2 is 1.60 bits per heavy atom. The zero-order chi connectivity index (χ0) is 15.1. The van der Waals surface area contributed by atoms with Gasteiger partial charge in [-0.3, -0.25) is 4.79 Å². The molecule has 1 rings (SSSR count). The van der Waals surface area contributed by atoms with Crippen molar-refractivity contribution in [3.63, 3.8) is 0 Å². The number of nitrogens with one attached hydrogen (secondary N) is 2. The number of hydrogen-bond donors (Lipinski definition) is 3. The minimum Gasteiger partial charge on any atom is -0.478 e. The summed E-state index contributed by atoms with van der Waals surface area (Å²) >= 11 is 0. The molecule has 1 aromatic carbocycles. The summed E-state index contributed by atoms with van der Waals surface area (Å²) in [6.45, 7) is 0.477. The zero-order valence-corrected chi connectivity index (χ0v) is 11.3. The molecule has 3 N–H and O–H groups in total. The van der Waals surface area contributed by atoms with Crippen molar-refractivity contribution in [1.29, 1.82) is 0 Å². The summed E-state index contributed by atoms with van der Waals surface area (Å²) in [6, 6.07) is 5.69. The summed E-state index contributed by atoms with van der Waals surface area (Å²) in [5, 5.41) is 14.1. The quantitative estimate of drug-likeness (QED) is 0.679. The van der Waals surface area contributed by atoms with Crippen molar-refractivity contribution in [1.82, 2.24) is 15.5 Å². The van der Waals surface area contributed by atoms with E-state index in [1.807, 2.05) is 0 Å². The van der Waals surface area contributed by atoms with Crippen LogP contribution in [0.5, 0.6) is 0 Å². The molecule has 0 aliphatic heterocycles. The molecule has 0 atom stereocenters. The van der Waals surface area contributed by atoms with Crippen LogP contribution in [0.1, 0.15) is 20.7 Å². The molecule has 0 unspecified atom stereocenters. The monoisotopic (exact) mass is 279 g/mol. The van der Waals surface area contributed by atoms with Gasteiger partial charge in [-0.05, 0) is 12.1 Å². The fourth-order valence-electron chi connectivity index (χ4n) is 1.47. The van der Waals surface area contributed by atoms with Gasteiger partial charge in [-0.15, -0.1) is 0 Å². The van der Waals surface area contributed by atoms with Gasteiger partial charge in [0.2, 0.25) is 0 Å². The molecule has 0 radical (unpaired) electrons. The van der Waals surface area contributed by atoms with Gasteiger partial charge in [-0.25, -0.2) is 9.59 Å². The van der Waals surface area contributed by atoms with Crippen LogP contribution in [0.25, 0.3) is 0 Å². The van der Waals surface area contributed by atoms with Crippen LogP contribution in [-0.2, 0) is 0 Å². The standard InChI is InChI=1S/C13H17N3O4/c1-16(2)13(20)15-8-7-14-11(17)9-5-3-4-6-10(9)12(18)19/h3-6H,7-8H2,1-2H3,(H,14,17)(H,15,20)(H,18,19). The second kappa shape index (κ2) is 7.13. The molecule has 7 nitrogen and oxygen atoms in total. The van der Waals surface area contributed by atoms with E-state index in [4.69, 9.17) is 5.11 Å². The number of carbonyl (C=O) groups is 3. The highest BCUT2D eigenvalue weighted by atomic mass is 16.4. The summed E-state index contributed by atoms with van der Waals surface area (Å²) in [7, 11) is 3.22. The SMILES string of the molecule is CN(C)C(=O)NCCNC(=O)c1ccccc1C(=O)O. The van der Waals surface area contributed by atoms with E-state index in [1.54, 1.807) is 26.2 Å². The van der Waals surface area contributed by atoms with Crippen molar-refractivity contribution in [3.05, 3.63) is 35.4 Å². The summed E-state index contributed by atoms with van der Waals surface area (Å²) in [6.07, 6.45) is 0. The second-order valence-corrected chi connectivity index (χ2v) is 4.23. The number of benzene rings is 1. The van der Waals surface area contributed by atoms with Crippen LogP contribution in [0.4, 0.5) is 4.79 Å². The van der Waals surface area contributed by atoms with Crippen LogP contribution in [0.2, 0.25) is 0 Å². The molecule has 0 spiro atoms. The van der Waals surface area contributed by atoms with Gasteiger partial charge in [0, 0.05) is 27.2 Å². The Hall–Kier alpha value is -2.57. The van der Waals surface area contributed by atoms with E-state index < -0.39 is 11.9 Å². The number of amides is 3. The number of carboxylic acid groups (broad SMARTS) is 1. The lowest BCUT2D eigenvalue weighted by molar-refractivity contribution is 0.0691. The number of aromatic carboxylic acids is 1. The number of urea groups is 1. The smallest absolute Gasteiger partial charge is 0.336 e. The third-order valence-electron chi connectivity index (χ3n) is 2.50. The molecule has 3 amide bonds. The first-order chi connectivity index (χ1) is 9.43. The lowest BCUT2D eigenvalue weighted by Gasteiger charge is -2.12. The van der Waals surface area contributed by atoms with Crippen LogP contribution in [-0.4, -0.2) is 55.1 Å². The van der Waals surface area contributed by atoms with E-state index >= 15 is 0 Å². The number of hydrogen-bond acceptors (Lipinski definition) is 3. The van der Waals surface area contributed by atoms with Crippen LogP contribution < -0.4 is 10.6 Å². The van der Waals surface area contributed by atoms with Gasteiger partial charge in [0.1, 0.15) is 0 Å². The Kier molecular flexibility index (Phi) is 5.52. The van der Waals surface area contributed by atoms with E-state index in [-0.39, 0.29) is 30.2 Å². The van der Waals surface area contributed by atoms with Gasteiger partial charge in [-0.2, -0.15) is 0 Å². The van der Waals surface area contributed by atoms with Crippen molar-refractivity contribution >= 4 is 17.9 Å². The maximum atomic E-state index is 11.9. The Morgan fingerprint density at radius 3 is 2.15 bits per heavy atom. The van der Waals surface area contributed by atoms with Crippen LogP contribution >= 0.6 is 0 Å². The van der Waals surface area contributed by atoms with Crippen molar-refractivity contribution in [3.8, 4) is 0 Å². The summed E-state index contributed by atoms with van der Waals surface area (Å²) in [4.78, 5) is 35.4. The van der Waals surface area contributed by atoms with Gasteiger partial charge in [0.15, 0.2) is 0 Å². The predicted octanol–water partition coefficient (Wildman–Crippen LogP) is 0.386. The van der Waals surface area contributed by atoms with Gasteiger partial charge < -0.3 is 20.6 Å². The zero-order valence-electron chi connectivity index (χ0n) is 11.3. The molecule has 108 valence electrons. The number of carboxylic acids is 1. The molecule has 7 heteroatoms. The molecule has 0 aromatic heterocycles. The van der Waals surface area contributed by atoms with Crippen molar-refractivity contribution in [2.75, 3.05) is 27.2 Å². The average molecular weight is 279 g/mol. The third-order valence-corrected chi connectivity index (χ3v) is 2.50. The first-order valence-electron chi connectivity index (χ1n) is 5.99. The Balaban J connectivity index is 2.52. The predicted molar refractivity (Wildman–Crippen MR) is 72.8 cm³/mol. The number of carbonyl (C=O) groups excluding carboxylic acids is 2. The maximum Gasteiger partial charge on any atom is 0.336 e. The van der Waals surface area contributed by atoms with Gasteiger partial charge in [-0.1, -0.05) is 12.1 Å². The van der Waals surface area contributed by atoms with E-state index in [0.29, 0.717) is 0 Å². The third kappa shape index (κ3) is 4.27. The Bertz CT molecular complexity index is 514. The first-order valence-corrected chi connectivity index (χ1v) is 5.99. The fraction of sp³-hybridized carbons (Fsp3) is 0.308. The number of rotatable bonds is 5. The molecular weight excluding hydrogens is 262 g/mol. The Morgan fingerprint density at radius 1 is 1.05 bits per heavy atom. The molecule has 0 aliphatic carbocycles. The van der Waals surface area contributed by atoms with Crippen LogP contribution in [0, 0.1) is 0 Å². The molecule has 20 heavy (non-hydrogen) atoms. The topological polar surface area (TPSA) is 98.7 Å². The summed E-state index contributed by atoms with van der Waals surface area (Å²) in [5.74, 6) is -1.64. The van der Waals surface area contributed by atoms with Crippen molar-refractivity contribution in [2.24, 2.45) is 0 Å². The second-order valence-electron chi connectivity index (χ2n) is 4.23. The maximum absolute atomic E-state index is 11.9. The van der Waals surface area contributed by atoms with Crippen molar-refractivity contribution in [2.45, 2.75) is 0 Å². The van der Waals surface area contributed by atoms with E-state index in [9.17, 15) is 14.4 Å². The van der Waals surface area contributed by atoms with Gasteiger partial charge in [0.05, 0.1) is 11.1 Å². The molecule has 0 heterocycles. The lowest BCUT2D eigenvalue weighted by atomic mass is 10.1. The normalized spacial score (nSPS) is 9.70. The molecule has 0 fully saturated rings. The Labute approximate surface area is 116 Å². The van der Waals surface area contributed by atoms with E-state index in [1.165, 1.54) is 17.0 Å². The number of nitrogens with zero attached hydrogens (tertiary/aromatic N) is 1. The largest absolute Gasteiger partial charge is 0.478 e. The summed E-state index contributed by atoms with van der Waals surface area (Å²) in [5.41, 5.74) is 0.0428.